The third kappa shape index (κ3) is 3.04. The molecule has 0 radical (unpaired) electrons. The highest BCUT2D eigenvalue weighted by atomic mass is 32.2. The number of pyridine rings is 1. The van der Waals surface area contributed by atoms with Crippen LogP contribution in [0.4, 0.5) is 0 Å². The molecule has 0 amide bonds. The summed E-state index contributed by atoms with van der Waals surface area (Å²) >= 11 is 0. The Bertz CT molecular complexity index is 641. The lowest BCUT2D eigenvalue weighted by molar-refractivity contribution is 0.179. The van der Waals surface area contributed by atoms with Gasteiger partial charge in [0, 0.05) is 45.1 Å². The molecule has 2 bridgehead atoms. The predicted octanol–water partition coefficient (Wildman–Crippen LogP) is 1.72. The first-order valence-electron chi connectivity index (χ1n) is 8.73. The lowest BCUT2D eigenvalue weighted by atomic mass is 10.0. The molecule has 2 heterocycles. The molecule has 1 saturated heterocycles. The van der Waals surface area contributed by atoms with Gasteiger partial charge >= 0.3 is 0 Å². The maximum atomic E-state index is 12.9. The molecule has 126 valence electrons. The molecule has 23 heavy (non-hydrogen) atoms. The molecule has 2 saturated carbocycles. The summed E-state index contributed by atoms with van der Waals surface area (Å²) in [5, 5.41) is -0.0898. The topological polar surface area (TPSA) is 53.5 Å². The Morgan fingerprint density at radius 3 is 2.39 bits per heavy atom. The van der Waals surface area contributed by atoms with Gasteiger partial charge in [0.1, 0.15) is 0 Å². The fraction of sp³-hybridized carbons (Fsp3) is 0.706. The molecule has 1 aromatic heterocycles. The largest absolute Gasteiger partial charge is 0.296 e. The van der Waals surface area contributed by atoms with Crippen molar-refractivity contribution in [3.63, 3.8) is 0 Å². The number of fused-ring (bicyclic) bond motifs is 2. The molecular formula is C17H25N3O2S. The Hall–Kier alpha value is -0.980. The Morgan fingerprint density at radius 2 is 1.78 bits per heavy atom. The molecule has 0 aromatic carbocycles. The molecule has 1 aromatic rings. The van der Waals surface area contributed by atoms with Crippen LogP contribution in [-0.2, 0) is 16.6 Å². The van der Waals surface area contributed by atoms with E-state index in [0.29, 0.717) is 24.9 Å². The predicted molar refractivity (Wildman–Crippen MR) is 89.2 cm³/mol. The normalized spacial score (nSPS) is 32.4. The first-order chi connectivity index (χ1) is 11.1. The molecule has 3 atom stereocenters. The summed E-state index contributed by atoms with van der Waals surface area (Å²) in [6, 6.07) is 4.05. The maximum absolute atomic E-state index is 12.9. The van der Waals surface area contributed by atoms with Crippen LogP contribution in [0.3, 0.4) is 0 Å². The van der Waals surface area contributed by atoms with Gasteiger partial charge in [-0.1, -0.05) is 6.42 Å². The van der Waals surface area contributed by atoms with E-state index in [1.807, 2.05) is 24.5 Å². The fourth-order valence-electron chi connectivity index (χ4n) is 4.63. The second kappa shape index (κ2) is 6.15. The van der Waals surface area contributed by atoms with Crippen molar-refractivity contribution >= 4 is 10.0 Å². The number of hydrogen-bond acceptors (Lipinski definition) is 4. The highest BCUT2D eigenvalue weighted by Crippen LogP contribution is 2.48. The van der Waals surface area contributed by atoms with Crippen molar-refractivity contribution in [3.8, 4) is 0 Å². The van der Waals surface area contributed by atoms with Crippen molar-refractivity contribution in [2.75, 3.05) is 26.2 Å². The zero-order valence-corrected chi connectivity index (χ0v) is 14.3. The smallest absolute Gasteiger partial charge is 0.217 e. The van der Waals surface area contributed by atoms with Crippen LogP contribution in [0.1, 0.15) is 31.2 Å². The molecule has 4 rings (SSSR count). The maximum Gasteiger partial charge on any atom is 0.217 e. The second-order valence-electron chi connectivity index (χ2n) is 7.29. The SMILES string of the molecule is O=S(=O)(C1C[C@@H]2CC[C@H]1C2)N1CCN(Cc2ccncc2)CC1. The fourth-order valence-corrected chi connectivity index (χ4v) is 6.94. The summed E-state index contributed by atoms with van der Waals surface area (Å²) < 4.78 is 27.6. The Balaban J connectivity index is 1.36. The third-order valence-corrected chi connectivity index (χ3v) is 8.33. The zero-order chi connectivity index (χ0) is 15.9. The van der Waals surface area contributed by atoms with Gasteiger partial charge in [0.15, 0.2) is 0 Å². The first kappa shape index (κ1) is 15.5. The number of nitrogens with zero attached hydrogens (tertiary/aromatic N) is 3. The van der Waals surface area contributed by atoms with Gasteiger partial charge in [-0.2, -0.15) is 4.31 Å². The standard InChI is InChI=1S/C17H25N3O2S/c21-23(22,17-12-15-1-2-16(17)11-15)20-9-7-19(8-10-20)13-14-3-5-18-6-4-14/h3-6,15-17H,1-2,7-13H2/t15-,16+,17?/m1/s1. The molecule has 2 aliphatic carbocycles. The number of sulfonamides is 1. The average molecular weight is 335 g/mol. The van der Waals surface area contributed by atoms with E-state index in [-0.39, 0.29) is 5.25 Å². The molecule has 0 spiro atoms. The summed E-state index contributed by atoms with van der Waals surface area (Å²) in [5.41, 5.74) is 1.24. The van der Waals surface area contributed by atoms with Crippen molar-refractivity contribution in [2.24, 2.45) is 11.8 Å². The highest BCUT2D eigenvalue weighted by molar-refractivity contribution is 7.89. The van der Waals surface area contributed by atoms with Crippen molar-refractivity contribution < 1.29 is 8.42 Å². The lowest BCUT2D eigenvalue weighted by Gasteiger charge is -2.36. The number of piperazine rings is 1. The first-order valence-corrected chi connectivity index (χ1v) is 10.2. The van der Waals surface area contributed by atoms with Crippen molar-refractivity contribution in [1.82, 2.24) is 14.2 Å². The van der Waals surface area contributed by atoms with Crippen LogP contribution in [0, 0.1) is 11.8 Å². The lowest BCUT2D eigenvalue weighted by Crippen LogP contribution is -2.51. The monoisotopic (exact) mass is 335 g/mol. The summed E-state index contributed by atoms with van der Waals surface area (Å²) in [6.45, 7) is 3.80. The number of rotatable bonds is 4. The van der Waals surface area contributed by atoms with Gasteiger partial charge in [0.05, 0.1) is 5.25 Å². The van der Waals surface area contributed by atoms with Gasteiger partial charge in [0.25, 0.3) is 0 Å². The van der Waals surface area contributed by atoms with Gasteiger partial charge in [-0.15, -0.1) is 0 Å². The summed E-state index contributed by atoms with van der Waals surface area (Å²) in [5.74, 6) is 1.10. The van der Waals surface area contributed by atoms with Gasteiger partial charge in [-0.05, 0) is 48.8 Å². The van der Waals surface area contributed by atoms with E-state index in [1.54, 1.807) is 4.31 Å². The molecule has 6 heteroatoms. The molecular weight excluding hydrogens is 310 g/mol. The molecule has 5 nitrogen and oxygen atoms in total. The summed E-state index contributed by atoms with van der Waals surface area (Å²) in [4.78, 5) is 6.37. The van der Waals surface area contributed by atoms with Crippen LogP contribution in [0.15, 0.2) is 24.5 Å². The molecule has 3 aliphatic rings. The van der Waals surface area contributed by atoms with E-state index in [9.17, 15) is 8.42 Å². The Labute approximate surface area is 138 Å². The quantitative estimate of drug-likeness (QED) is 0.841. The zero-order valence-electron chi connectivity index (χ0n) is 13.5. The minimum atomic E-state index is -3.09. The second-order valence-corrected chi connectivity index (χ2v) is 9.44. The Morgan fingerprint density at radius 1 is 1.04 bits per heavy atom. The highest BCUT2D eigenvalue weighted by Gasteiger charge is 2.48. The van der Waals surface area contributed by atoms with Gasteiger partial charge in [-0.3, -0.25) is 9.88 Å². The van der Waals surface area contributed by atoms with Gasteiger partial charge in [0.2, 0.25) is 10.0 Å². The Kier molecular flexibility index (Phi) is 4.15. The minimum Gasteiger partial charge on any atom is -0.296 e. The van der Waals surface area contributed by atoms with E-state index < -0.39 is 10.0 Å². The van der Waals surface area contributed by atoms with E-state index in [0.717, 1.165) is 38.9 Å². The van der Waals surface area contributed by atoms with Crippen LogP contribution >= 0.6 is 0 Å². The van der Waals surface area contributed by atoms with Crippen LogP contribution in [-0.4, -0.2) is 54.0 Å². The number of hydrogen-bond donors (Lipinski definition) is 0. The summed E-state index contributed by atoms with van der Waals surface area (Å²) in [6.07, 6.45) is 8.04. The van der Waals surface area contributed by atoms with Crippen LogP contribution < -0.4 is 0 Å². The van der Waals surface area contributed by atoms with Crippen molar-refractivity contribution in [1.29, 1.82) is 0 Å². The van der Waals surface area contributed by atoms with E-state index in [1.165, 1.54) is 12.0 Å². The molecule has 3 fully saturated rings. The molecule has 1 aliphatic heterocycles. The van der Waals surface area contributed by atoms with Gasteiger partial charge in [-0.25, -0.2) is 8.42 Å². The van der Waals surface area contributed by atoms with Crippen LogP contribution in [0.5, 0.6) is 0 Å². The van der Waals surface area contributed by atoms with Crippen LogP contribution in [0.25, 0.3) is 0 Å². The van der Waals surface area contributed by atoms with Gasteiger partial charge < -0.3 is 0 Å². The molecule has 1 unspecified atom stereocenters. The van der Waals surface area contributed by atoms with E-state index >= 15 is 0 Å². The third-order valence-electron chi connectivity index (χ3n) is 5.90. The molecule has 0 N–H and O–H groups in total. The van der Waals surface area contributed by atoms with Crippen molar-refractivity contribution in [2.45, 2.75) is 37.5 Å². The van der Waals surface area contributed by atoms with Crippen LogP contribution in [0.2, 0.25) is 0 Å². The van der Waals surface area contributed by atoms with Crippen molar-refractivity contribution in [3.05, 3.63) is 30.1 Å². The van der Waals surface area contributed by atoms with E-state index in [4.69, 9.17) is 0 Å². The number of aromatic nitrogens is 1. The summed E-state index contributed by atoms with van der Waals surface area (Å²) in [7, 11) is -3.09. The average Bonchev–Trinajstić information content (AvgIpc) is 3.20. The van der Waals surface area contributed by atoms with E-state index in [2.05, 4.69) is 9.88 Å². The minimum absolute atomic E-state index is 0.0898.